The van der Waals surface area contributed by atoms with E-state index in [0.29, 0.717) is 12.0 Å². The van der Waals surface area contributed by atoms with E-state index in [9.17, 15) is 4.79 Å². The molecule has 0 fully saturated rings. The maximum Gasteiger partial charge on any atom is 0.334 e. The number of rotatable bonds is 4. The second-order valence-corrected chi connectivity index (χ2v) is 3.28. The summed E-state index contributed by atoms with van der Waals surface area (Å²) in [5.74, 6) is -0.316. The van der Waals surface area contributed by atoms with Gasteiger partial charge in [0.2, 0.25) is 0 Å². The lowest BCUT2D eigenvalue weighted by atomic mass is 10.1. The SMILES string of the molecule is CCC(C(=O)OCC(C)O)=C(C)C.Cl.N. The number of allylic oxidation sites excluding steroid dienone is 1. The average Bonchev–Trinajstić information content (AvgIpc) is 2.01. The number of esters is 1. The highest BCUT2D eigenvalue weighted by atomic mass is 35.5. The van der Waals surface area contributed by atoms with Crippen LogP contribution < -0.4 is 6.15 Å². The number of aliphatic hydroxyl groups is 1. The predicted octanol–water partition coefficient (Wildman–Crippen LogP) is 2.24. The molecule has 0 radical (unpaired) electrons. The summed E-state index contributed by atoms with van der Waals surface area (Å²) in [6.07, 6.45) is 0.0697. The van der Waals surface area contributed by atoms with Crippen molar-refractivity contribution in [3.63, 3.8) is 0 Å². The normalized spacial score (nSPS) is 10.5. The van der Waals surface area contributed by atoms with Crippen LogP contribution in [0, 0.1) is 0 Å². The second kappa shape index (κ2) is 9.96. The first-order valence-corrected chi connectivity index (χ1v) is 4.50. The van der Waals surface area contributed by atoms with Gasteiger partial charge in [-0.3, -0.25) is 0 Å². The molecule has 0 amide bonds. The molecule has 5 heteroatoms. The molecule has 0 heterocycles. The van der Waals surface area contributed by atoms with Crippen molar-refractivity contribution in [1.29, 1.82) is 0 Å². The molecule has 4 N–H and O–H groups in total. The number of hydrogen-bond acceptors (Lipinski definition) is 4. The third-order valence-corrected chi connectivity index (χ3v) is 1.66. The van der Waals surface area contributed by atoms with E-state index in [-0.39, 0.29) is 31.1 Å². The van der Waals surface area contributed by atoms with E-state index in [0.717, 1.165) is 5.57 Å². The second-order valence-electron chi connectivity index (χ2n) is 3.28. The highest BCUT2D eigenvalue weighted by Gasteiger charge is 2.11. The van der Waals surface area contributed by atoms with Crippen LogP contribution in [0.1, 0.15) is 34.1 Å². The summed E-state index contributed by atoms with van der Waals surface area (Å²) in [5.41, 5.74) is 1.67. The Bertz CT molecular complexity index is 211. The molecule has 92 valence electrons. The lowest BCUT2D eigenvalue weighted by Gasteiger charge is -2.09. The van der Waals surface area contributed by atoms with E-state index < -0.39 is 6.10 Å². The Balaban J connectivity index is -0.000000720. The third-order valence-electron chi connectivity index (χ3n) is 1.66. The summed E-state index contributed by atoms with van der Waals surface area (Å²) >= 11 is 0. The molecule has 0 aromatic rings. The van der Waals surface area contributed by atoms with Crippen molar-refractivity contribution in [2.24, 2.45) is 0 Å². The van der Waals surface area contributed by atoms with Crippen LogP contribution in [0.4, 0.5) is 0 Å². The molecule has 0 aliphatic heterocycles. The van der Waals surface area contributed by atoms with Crippen LogP contribution in [0.15, 0.2) is 11.1 Å². The molecular formula is C10H22ClNO3. The Morgan fingerprint density at radius 3 is 2.13 bits per heavy atom. The Labute approximate surface area is 97.7 Å². The molecule has 0 aliphatic rings. The van der Waals surface area contributed by atoms with Crippen LogP contribution >= 0.6 is 12.4 Å². The maximum atomic E-state index is 11.3. The van der Waals surface area contributed by atoms with E-state index in [1.54, 1.807) is 6.92 Å². The van der Waals surface area contributed by atoms with Gasteiger partial charge in [-0.05, 0) is 27.2 Å². The zero-order chi connectivity index (χ0) is 10.4. The number of aliphatic hydroxyl groups excluding tert-OH is 1. The van der Waals surface area contributed by atoms with E-state index >= 15 is 0 Å². The van der Waals surface area contributed by atoms with Crippen molar-refractivity contribution in [3.8, 4) is 0 Å². The van der Waals surface area contributed by atoms with Crippen molar-refractivity contribution in [2.75, 3.05) is 6.61 Å². The minimum Gasteiger partial charge on any atom is -0.460 e. The zero-order valence-electron chi connectivity index (χ0n) is 9.87. The fraction of sp³-hybridized carbons (Fsp3) is 0.700. The molecule has 0 aliphatic carbocycles. The molecule has 0 saturated carbocycles. The van der Waals surface area contributed by atoms with Gasteiger partial charge in [-0.1, -0.05) is 12.5 Å². The Kier molecular flexibility index (Phi) is 13.2. The van der Waals surface area contributed by atoms with E-state index in [2.05, 4.69) is 0 Å². The van der Waals surface area contributed by atoms with Crippen LogP contribution in [-0.2, 0) is 9.53 Å². The minimum absolute atomic E-state index is 0. The van der Waals surface area contributed by atoms with E-state index in [1.807, 2.05) is 20.8 Å². The van der Waals surface area contributed by atoms with Crippen LogP contribution in [0.5, 0.6) is 0 Å². The largest absolute Gasteiger partial charge is 0.460 e. The smallest absolute Gasteiger partial charge is 0.334 e. The Hall–Kier alpha value is -0.580. The van der Waals surface area contributed by atoms with Gasteiger partial charge in [-0.15, -0.1) is 12.4 Å². The van der Waals surface area contributed by atoms with Crippen LogP contribution in [0.3, 0.4) is 0 Å². The molecule has 0 saturated heterocycles. The zero-order valence-corrected chi connectivity index (χ0v) is 10.7. The van der Waals surface area contributed by atoms with Crippen LogP contribution in [0.25, 0.3) is 0 Å². The number of ether oxygens (including phenoxy) is 1. The summed E-state index contributed by atoms with van der Waals surface area (Å²) in [4.78, 5) is 11.3. The summed E-state index contributed by atoms with van der Waals surface area (Å²) in [5, 5.41) is 8.90. The standard InChI is InChI=1S/C10H18O3.ClH.H3N/c1-5-9(7(2)3)10(12)13-6-8(4)11;;/h8,11H,5-6H2,1-4H3;1H;1H3. The first kappa shape index (κ1) is 19.9. The van der Waals surface area contributed by atoms with Gasteiger partial charge in [-0.2, -0.15) is 0 Å². The molecule has 0 rings (SSSR count). The average molecular weight is 240 g/mol. The molecule has 0 bridgehead atoms. The topological polar surface area (TPSA) is 81.5 Å². The van der Waals surface area contributed by atoms with Crippen LogP contribution in [-0.4, -0.2) is 23.8 Å². The van der Waals surface area contributed by atoms with Crippen molar-refractivity contribution < 1.29 is 14.6 Å². The molecule has 15 heavy (non-hydrogen) atoms. The molecule has 0 aromatic carbocycles. The van der Waals surface area contributed by atoms with Crippen LogP contribution in [0.2, 0.25) is 0 Å². The minimum atomic E-state index is -0.598. The van der Waals surface area contributed by atoms with Gasteiger partial charge >= 0.3 is 5.97 Å². The summed E-state index contributed by atoms with van der Waals surface area (Å²) in [6.45, 7) is 7.31. The molecule has 1 atom stereocenters. The van der Waals surface area contributed by atoms with Gasteiger partial charge in [0.05, 0.1) is 6.10 Å². The van der Waals surface area contributed by atoms with Gasteiger partial charge in [0, 0.05) is 5.57 Å². The summed E-state index contributed by atoms with van der Waals surface area (Å²) in [7, 11) is 0. The van der Waals surface area contributed by atoms with Gasteiger partial charge in [0.1, 0.15) is 6.61 Å². The van der Waals surface area contributed by atoms with Crippen molar-refractivity contribution in [3.05, 3.63) is 11.1 Å². The Morgan fingerprint density at radius 2 is 1.87 bits per heavy atom. The van der Waals surface area contributed by atoms with E-state index in [1.165, 1.54) is 0 Å². The highest BCUT2D eigenvalue weighted by Crippen LogP contribution is 2.09. The lowest BCUT2D eigenvalue weighted by molar-refractivity contribution is -0.141. The fourth-order valence-electron chi connectivity index (χ4n) is 0.985. The predicted molar refractivity (Wildman–Crippen MR) is 63.6 cm³/mol. The summed E-state index contributed by atoms with van der Waals surface area (Å²) < 4.78 is 4.87. The monoisotopic (exact) mass is 239 g/mol. The fourth-order valence-corrected chi connectivity index (χ4v) is 0.985. The van der Waals surface area contributed by atoms with Crippen molar-refractivity contribution >= 4 is 18.4 Å². The molecular weight excluding hydrogens is 218 g/mol. The van der Waals surface area contributed by atoms with Crippen molar-refractivity contribution in [2.45, 2.75) is 40.2 Å². The number of halogens is 1. The van der Waals surface area contributed by atoms with E-state index in [4.69, 9.17) is 9.84 Å². The third kappa shape index (κ3) is 8.42. The van der Waals surface area contributed by atoms with Gasteiger partial charge in [-0.25, -0.2) is 4.79 Å². The lowest BCUT2D eigenvalue weighted by Crippen LogP contribution is -2.17. The number of carbonyl (C=O) groups excluding carboxylic acids is 1. The molecule has 4 nitrogen and oxygen atoms in total. The quantitative estimate of drug-likeness (QED) is 0.582. The first-order chi connectivity index (χ1) is 5.99. The number of carbonyl (C=O) groups is 1. The van der Waals surface area contributed by atoms with Gasteiger partial charge in [0.25, 0.3) is 0 Å². The van der Waals surface area contributed by atoms with Gasteiger partial charge in [0.15, 0.2) is 0 Å². The summed E-state index contributed by atoms with van der Waals surface area (Å²) in [6, 6.07) is 0. The highest BCUT2D eigenvalue weighted by molar-refractivity contribution is 5.89. The first-order valence-electron chi connectivity index (χ1n) is 4.50. The maximum absolute atomic E-state index is 11.3. The number of hydrogen-bond donors (Lipinski definition) is 2. The Morgan fingerprint density at radius 1 is 1.40 bits per heavy atom. The van der Waals surface area contributed by atoms with Crippen molar-refractivity contribution in [1.82, 2.24) is 6.15 Å². The molecule has 1 unspecified atom stereocenters. The molecule has 0 spiro atoms. The molecule has 0 aromatic heterocycles. The van der Waals surface area contributed by atoms with Gasteiger partial charge < -0.3 is 16.0 Å².